The lowest BCUT2D eigenvalue weighted by Gasteiger charge is -2.23. The molecule has 3 aromatic rings. The fourth-order valence-electron chi connectivity index (χ4n) is 3.52. The summed E-state index contributed by atoms with van der Waals surface area (Å²) in [6, 6.07) is 7.28. The fraction of sp³-hybridized carbons (Fsp3) is 0.364. The van der Waals surface area contributed by atoms with Crippen molar-refractivity contribution < 1.29 is 14.3 Å². The van der Waals surface area contributed by atoms with Crippen molar-refractivity contribution in [1.82, 2.24) is 24.8 Å². The van der Waals surface area contributed by atoms with E-state index in [9.17, 15) is 4.79 Å². The fourth-order valence-corrected chi connectivity index (χ4v) is 3.72. The van der Waals surface area contributed by atoms with Gasteiger partial charge in [0.1, 0.15) is 17.8 Å². The second-order valence-electron chi connectivity index (χ2n) is 7.64. The molecular formula is C22H26ClN7O3. The van der Waals surface area contributed by atoms with E-state index in [0.717, 1.165) is 31.6 Å². The lowest BCUT2D eigenvalue weighted by molar-refractivity contribution is 0.0299. The van der Waals surface area contributed by atoms with Gasteiger partial charge in [0.15, 0.2) is 6.23 Å². The molecule has 11 heteroatoms. The first-order valence-corrected chi connectivity index (χ1v) is 11.0. The van der Waals surface area contributed by atoms with Gasteiger partial charge in [0, 0.05) is 47.8 Å². The quantitative estimate of drug-likeness (QED) is 0.427. The number of halogens is 1. The number of amides is 1. The number of rotatable bonds is 8. The Morgan fingerprint density at radius 2 is 2.18 bits per heavy atom. The summed E-state index contributed by atoms with van der Waals surface area (Å²) >= 11 is 6.06. The molecule has 0 radical (unpaired) electrons. The van der Waals surface area contributed by atoms with Crippen LogP contribution in [0.3, 0.4) is 0 Å². The highest BCUT2D eigenvalue weighted by Crippen LogP contribution is 2.20. The highest BCUT2D eigenvalue weighted by molar-refractivity contribution is 6.30. The molecule has 1 unspecified atom stereocenters. The number of carbonyl (C=O) groups excluding carboxylic acids is 1. The first kappa shape index (κ1) is 23.1. The molecule has 1 aromatic carbocycles. The third-order valence-corrected chi connectivity index (χ3v) is 5.47. The second kappa shape index (κ2) is 10.7. The summed E-state index contributed by atoms with van der Waals surface area (Å²) in [5, 5.41) is 6.68. The van der Waals surface area contributed by atoms with Gasteiger partial charge < -0.3 is 25.8 Å². The van der Waals surface area contributed by atoms with Crippen LogP contribution in [-0.4, -0.2) is 51.4 Å². The number of nitrogens with zero attached hydrogens (tertiary/aromatic N) is 4. The van der Waals surface area contributed by atoms with Crippen molar-refractivity contribution in [2.45, 2.75) is 32.0 Å². The zero-order valence-corrected chi connectivity index (χ0v) is 19.0. The van der Waals surface area contributed by atoms with Crippen LogP contribution in [-0.2, 0) is 9.47 Å². The molecule has 1 aliphatic heterocycles. The van der Waals surface area contributed by atoms with Crippen molar-refractivity contribution in [3.63, 3.8) is 0 Å². The van der Waals surface area contributed by atoms with Crippen LogP contribution in [0.1, 0.15) is 40.7 Å². The summed E-state index contributed by atoms with van der Waals surface area (Å²) in [6.07, 6.45) is 5.94. The van der Waals surface area contributed by atoms with E-state index in [1.54, 1.807) is 47.6 Å². The number of nitrogens with one attached hydrogen (secondary N) is 2. The summed E-state index contributed by atoms with van der Waals surface area (Å²) in [4.78, 5) is 26.1. The summed E-state index contributed by atoms with van der Waals surface area (Å²) < 4.78 is 12.6. The van der Waals surface area contributed by atoms with E-state index < -0.39 is 12.1 Å². The smallest absolute Gasteiger partial charge is 0.273 e. The molecular weight excluding hydrogens is 446 g/mol. The van der Waals surface area contributed by atoms with E-state index in [2.05, 4.69) is 25.6 Å². The Balaban J connectivity index is 1.49. The molecule has 174 valence electrons. The molecule has 33 heavy (non-hydrogen) atoms. The minimum absolute atomic E-state index is 0.0745. The van der Waals surface area contributed by atoms with Gasteiger partial charge in [-0.15, -0.1) is 0 Å². The highest BCUT2D eigenvalue weighted by Gasteiger charge is 2.20. The Morgan fingerprint density at radius 1 is 1.36 bits per heavy atom. The molecule has 0 aliphatic carbocycles. The van der Waals surface area contributed by atoms with E-state index >= 15 is 0 Å². The van der Waals surface area contributed by atoms with Crippen molar-refractivity contribution in [2.24, 2.45) is 5.73 Å². The van der Waals surface area contributed by atoms with Crippen LogP contribution in [0.25, 0.3) is 5.82 Å². The summed E-state index contributed by atoms with van der Waals surface area (Å²) in [5.74, 6) is 0.745. The maximum Gasteiger partial charge on any atom is 0.273 e. The minimum Gasteiger partial charge on any atom is -0.381 e. The maximum atomic E-state index is 12.8. The number of hydrogen-bond donors (Lipinski definition) is 3. The van der Waals surface area contributed by atoms with Gasteiger partial charge in [-0.3, -0.25) is 9.36 Å². The summed E-state index contributed by atoms with van der Waals surface area (Å²) in [5.41, 5.74) is 7.28. The van der Waals surface area contributed by atoms with Gasteiger partial charge in [0.2, 0.25) is 5.95 Å². The molecule has 1 atom stereocenters. The number of anilines is 1. The normalized spacial score (nSPS) is 15.2. The molecule has 0 saturated carbocycles. The number of hydrogen-bond acceptors (Lipinski definition) is 8. The van der Waals surface area contributed by atoms with Crippen LogP contribution < -0.4 is 16.4 Å². The van der Waals surface area contributed by atoms with Crippen molar-refractivity contribution in [1.29, 1.82) is 0 Å². The zero-order chi connectivity index (χ0) is 23.2. The molecule has 1 fully saturated rings. The molecule has 4 N–H and O–H groups in total. The van der Waals surface area contributed by atoms with Crippen LogP contribution in [0.5, 0.6) is 0 Å². The van der Waals surface area contributed by atoms with Crippen LogP contribution in [0, 0.1) is 6.92 Å². The predicted molar refractivity (Wildman–Crippen MR) is 123 cm³/mol. The number of nitrogens with two attached hydrogens (primary N) is 1. The van der Waals surface area contributed by atoms with E-state index in [0.29, 0.717) is 22.4 Å². The molecule has 3 heterocycles. The van der Waals surface area contributed by atoms with Gasteiger partial charge in [-0.25, -0.2) is 9.97 Å². The first-order valence-electron chi connectivity index (χ1n) is 10.6. The second-order valence-corrected chi connectivity index (χ2v) is 8.08. The predicted octanol–water partition coefficient (Wildman–Crippen LogP) is 2.58. The van der Waals surface area contributed by atoms with Gasteiger partial charge >= 0.3 is 0 Å². The van der Waals surface area contributed by atoms with E-state index in [1.807, 2.05) is 6.92 Å². The summed E-state index contributed by atoms with van der Waals surface area (Å²) in [7, 11) is 0. The largest absolute Gasteiger partial charge is 0.381 e. The van der Waals surface area contributed by atoms with Crippen LogP contribution in [0.2, 0.25) is 5.02 Å². The van der Waals surface area contributed by atoms with Gasteiger partial charge in [-0.1, -0.05) is 23.7 Å². The SMILES string of the molecule is Cc1cnc(NC2CCOCC2)nc1-n1cnc(C(=O)NC(OCN)c2cccc(Cl)c2)c1. The lowest BCUT2D eigenvalue weighted by atomic mass is 10.1. The number of benzene rings is 1. The first-order chi connectivity index (χ1) is 16.0. The highest BCUT2D eigenvalue weighted by atomic mass is 35.5. The Labute approximate surface area is 196 Å². The number of aromatic nitrogens is 4. The van der Waals surface area contributed by atoms with Crippen LogP contribution >= 0.6 is 11.6 Å². The Morgan fingerprint density at radius 3 is 2.94 bits per heavy atom. The van der Waals surface area contributed by atoms with E-state index in [4.69, 9.17) is 26.8 Å². The van der Waals surface area contributed by atoms with Crippen molar-refractivity contribution in [2.75, 3.05) is 25.3 Å². The molecule has 0 spiro atoms. The maximum absolute atomic E-state index is 12.8. The minimum atomic E-state index is -0.762. The topological polar surface area (TPSA) is 129 Å². The molecule has 2 aromatic heterocycles. The van der Waals surface area contributed by atoms with Gasteiger partial charge in [0.25, 0.3) is 5.91 Å². The lowest BCUT2D eigenvalue weighted by Crippen LogP contribution is -2.32. The molecule has 1 amide bonds. The van der Waals surface area contributed by atoms with Crippen molar-refractivity contribution in [3.8, 4) is 5.82 Å². The van der Waals surface area contributed by atoms with Gasteiger partial charge in [-0.2, -0.15) is 4.98 Å². The summed E-state index contributed by atoms with van der Waals surface area (Å²) in [6.45, 7) is 3.27. The third kappa shape index (κ3) is 5.85. The number of carbonyl (C=O) groups is 1. The van der Waals surface area contributed by atoms with Crippen LogP contribution in [0.15, 0.2) is 43.0 Å². The van der Waals surface area contributed by atoms with E-state index in [1.165, 1.54) is 0 Å². The number of ether oxygens (including phenoxy) is 2. The Bertz CT molecular complexity index is 1100. The molecule has 10 nitrogen and oxygen atoms in total. The Hall–Kier alpha value is -3.05. The Kier molecular flexibility index (Phi) is 7.50. The average molecular weight is 472 g/mol. The molecule has 1 aliphatic rings. The van der Waals surface area contributed by atoms with Crippen molar-refractivity contribution >= 4 is 23.5 Å². The molecule has 4 rings (SSSR count). The molecule has 1 saturated heterocycles. The van der Waals surface area contributed by atoms with Crippen molar-refractivity contribution in [3.05, 3.63) is 64.8 Å². The van der Waals surface area contributed by atoms with E-state index in [-0.39, 0.29) is 18.5 Å². The molecule has 0 bridgehead atoms. The van der Waals surface area contributed by atoms with Gasteiger partial charge in [-0.05, 0) is 31.9 Å². The monoisotopic (exact) mass is 471 g/mol. The third-order valence-electron chi connectivity index (χ3n) is 5.24. The van der Waals surface area contributed by atoms with Crippen LogP contribution in [0.4, 0.5) is 5.95 Å². The zero-order valence-electron chi connectivity index (χ0n) is 18.2. The van der Waals surface area contributed by atoms with Gasteiger partial charge in [0.05, 0.1) is 6.73 Å². The standard InChI is InChI=1S/C22H26ClN7O3/c1-14-10-25-22(27-17-5-7-32-8-6-17)28-19(14)30-11-18(26-13-30)20(31)29-21(33-12-24)15-3-2-4-16(23)9-15/h2-4,9-11,13,17,21H,5-8,12,24H2,1H3,(H,29,31)(H,25,27,28). The number of imidazole rings is 1. The average Bonchev–Trinajstić information content (AvgIpc) is 3.31. The number of aryl methyl sites for hydroxylation is 1.